The number of halogens is 2. The van der Waals surface area contributed by atoms with Crippen molar-refractivity contribution in [2.45, 2.75) is 25.8 Å². The van der Waals surface area contributed by atoms with Gasteiger partial charge >= 0.3 is 0 Å². The highest BCUT2D eigenvalue weighted by Gasteiger charge is 2.19. The fourth-order valence-corrected chi connectivity index (χ4v) is 1.23. The largest absolute Gasteiger partial charge is 0.396 e. The van der Waals surface area contributed by atoms with Crippen LogP contribution in [0.25, 0.3) is 0 Å². The minimum atomic E-state index is -0.564. The Morgan fingerprint density at radius 1 is 1.60 bits per heavy atom. The fourth-order valence-electron chi connectivity index (χ4n) is 1.10. The molecule has 1 rings (SSSR count). The number of nitrogens with zero attached hydrogens (tertiary/aromatic N) is 2. The van der Waals surface area contributed by atoms with Crippen molar-refractivity contribution >= 4 is 17.4 Å². The summed E-state index contributed by atoms with van der Waals surface area (Å²) in [7, 11) is 0. The van der Waals surface area contributed by atoms with Crippen molar-refractivity contribution in [3.63, 3.8) is 0 Å². The monoisotopic (exact) mass is 233 g/mol. The molecular formula is C9H13ClFN3O. The average molecular weight is 234 g/mol. The first kappa shape index (κ1) is 12.1. The van der Waals surface area contributed by atoms with Crippen LogP contribution in [0.2, 0.25) is 5.28 Å². The van der Waals surface area contributed by atoms with Gasteiger partial charge in [0.25, 0.3) is 0 Å². The Hall–Kier alpha value is -0.940. The van der Waals surface area contributed by atoms with E-state index in [0.717, 1.165) is 6.20 Å². The van der Waals surface area contributed by atoms with E-state index in [2.05, 4.69) is 15.3 Å². The van der Waals surface area contributed by atoms with Crippen LogP contribution in [0.4, 0.5) is 10.2 Å². The predicted octanol–water partition coefficient (Wildman–Crippen LogP) is 1.84. The van der Waals surface area contributed by atoms with Crippen LogP contribution in [0.5, 0.6) is 0 Å². The molecule has 0 amide bonds. The van der Waals surface area contributed by atoms with Gasteiger partial charge < -0.3 is 10.4 Å². The number of nitrogens with one attached hydrogen (secondary N) is 1. The zero-order valence-electron chi connectivity index (χ0n) is 8.59. The molecule has 0 aromatic carbocycles. The minimum absolute atomic E-state index is 0.0143. The van der Waals surface area contributed by atoms with Crippen LogP contribution in [-0.4, -0.2) is 27.2 Å². The van der Waals surface area contributed by atoms with Crippen LogP contribution in [0.1, 0.15) is 20.3 Å². The fraction of sp³-hybridized carbons (Fsp3) is 0.556. The first-order valence-electron chi connectivity index (χ1n) is 4.52. The lowest BCUT2D eigenvalue weighted by Gasteiger charge is -2.26. The average Bonchev–Trinajstić information content (AvgIpc) is 2.10. The molecule has 15 heavy (non-hydrogen) atoms. The van der Waals surface area contributed by atoms with E-state index in [1.165, 1.54) is 0 Å². The SMILES string of the molecule is CC(C)(CCO)Nc1nc(Cl)ncc1F. The zero-order valence-corrected chi connectivity index (χ0v) is 9.35. The van der Waals surface area contributed by atoms with Gasteiger partial charge in [0.2, 0.25) is 5.28 Å². The molecule has 1 aromatic heterocycles. The number of rotatable bonds is 4. The Morgan fingerprint density at radius 2 is 2.27 bits per heavy atom. The third-order valence-corrected chi connectivity index (χ3v) is 2.09. The molecule has 1 aromatic rings. The van der Waals surface area contributed by atoms with Gasteiger partial charge in [-0.05, 0) is 31.9 Å². The first-order valence-corrected chi connectivity index (χ1v) is 4.89. The molecule has 84 valence electrons. The van der Waals surface area contributed by atoms with Crippen molar-refractivity contribution in [2.24, 2.45) is 0 Å². The molecule has 0 aliphatic carbocycles. The summed E-state index contributed by atoms with van der Waals surface area (Å²) in [6.45, 7) is 3.68. The summed E-state index contributed by atoms with van der Waals surface area (Å²) in [6.07, 6.45) is 1.49. The van der Waals surface area contributed by atoms with Crippen molar-refractivity contribution in [2.75, 3.05) is 11.9 Å². The lowest BCUT2D eigenvalue weighted by Crippen LogP contribution is -2.32. The summed E-state index contributed by atoms with van der Waals surface area (Å²) >= 11 is 5.54. The second-order valence-electron chi connectivity index (χ2n) is 3.82. The Labute approximate surface area is 92.5 Å². The molecule has 0 radical (unpaired) electrons. The highest BCUT2D eigenvalue weighted by Crippen LogP contribution is 2.19. The molecule has 0 bridgehead atoms. The summed E-state index contributed by atoms with van der Waals surface area (Å²) in [5, 5.41) is 11.7. The van der Waals surface area contributed by atoms with E-state index < -0.39 is 11.4 Å². The van der Waals surface area contributed by atoms with E-state index in [0.29, 0.717) is 6.42 Å². The van der Waals surface area contributed by atoms with E-state index in [9.17, 15) is 4.39 Å². The van der Waals surface area contributed by atoms with Gasteiger partial charge in [-0.25, -0.2) is 9.37 Å². The van der Waals surface area contributed by atoms with E-state index in [4.69, 9.17) is 16.7 Å². The van der Waals surface area contributed by atoms with Crippen molar-refractivity contribution in [1.82, 2.24) is 9.97 Å². The zero-order chi connectivity index (χ0) is 11.5. The van der Waals surface area contributed by atoms with Crippen LogP contribution in [0, 0.1) is 5.82 Å². The van der Waals surface area contributed by atoms with Crippen molar-refractivity contribution in [1.29, 1.82) is 0 Å². The van der Waals surface area contributed by atoms with Crippen molar-refractivity contribution in [3.05, 3.63) is 17.3 Å². The van der Waals surface area contributed by atoms with E-state index in [1.54, 1.807) is 0 Å². The second-order valence-corrected chi connectivity index (χ2v) is 4.16. The normalized spacial score (nSPS) is 11.5. The van der Waals surface area contributed by atoms with Gasteiger partial charge in [0.15, 0.2) is 11.6 Å². The number of aliphatic hydroxyl groups is 1. The summed E-state index contributed by atoms with van der Waals surface area (Å²) in [5.74, 6) is -0.515. The molecule has 0 aliphatic rings. The van der Waals surface area contributed by atoms with Gasteiger partial charge in [0.05, 0.1) is 6.20 Å². The number of aliphatic hydroxyl groups excluding tert-OH is 1. The van der Waals surface area contributed by atoms with Crippen LogP contribution >= 0.6 is 11.6 Å². The highest BCUT2D eigenvalue weighted by atomic mass is 35.5. The summed E-state index contributed by atoms with van der Waals surface area (Å²) in [5.41, 5.74) is -0.451. The first-order chi connectivity index (χ1) is 6.94. The minimum Gasteiger partial charge on any atom is -0.396 e. The van der Waals surface area contributed by atoms with Crippen LogP contribution < -0.4 is 5.32 Å². The van der Waals surface area contributed by atoms with Gasteiger partial charge in [-0.1, -0.05) is 0 Å². The predicted molar refractivity (Wildman–Crippen MR) is 56.4 cm³/mol. The number of hydrogen-bond acceptors (Lipinski definition) is 4. The van der Waals surface area contributed by atoms with Gasteiger partial charge in [-0.3, -0.25) is 0 Å². The lowest BCUT2D eigenvalue weighted by molar-refractivity contribution is 0.260. The van der Waals surface area contributed by atoms with E-state index in [-0.39, 0.29) is 17.7 Å². The molecule has 0 unspecified atom stereocenters. The van der Waals surface area contributed by atoms with E-state index in [1.807, 2.05) is 13.8 Å². The second kappa shape index (κ2) is 4.72. The maximum Gasteiger partial charge on any atom is 0.224 e. The van der Waals surface area contributed by atoms with Crippen molar-refractivity contribution < 1.29 is 9.50 Å². The maximum absolute atomic E-state index is 13.2. The van der Waals surface area contributed by atoms with Gasteiger partial charge in [-0.15, -0.1) is 0 Å². The number of hydrogen-bond donors (Lipinski definition) is 2. The molecule has 0 saturated heterocycles. The summed E-state index contributed by atoms with van der Waals surface area (Å²) in [4.78, 5) is 7.23. The molecule has 0 fully saturated rings. The van der Waals surface area contributed by atoms with Crippen LogP contribution in [0.3, 0.4) is 0 Å². The Kier molecular flexibility index (Phi) is 3.82. The van der Waals surface area contributed by atoms with Gasteiger partial charge in [0.1, 0.15) is 0 Å². The Balaban J connectivity index is 2.83. The molecular weight excluding hydrogens is 221 g/mol. The van der Waals surface area contributed by atoms with Crippen LogP contribution in [0.15, 0.2) is 6.20 Å². The molecule has 0 aliphatic heterocycles. The summed E-state index contributed by atoms with van der Waals surface area (Å²) < 4.78 is 13.2. The topological polar surface area (TPSA) is 58.0 Å². The summed E-state index contributed by atoms with van der Waals surface area (Å²) in [6, 6.07) is 0. The number of anilines is 1. The molecule has 4 nitrogen and oxygen atoms in total. The molecule has 0 spiro atoms. The van der Waals surface area contributed by atoms with Gasteiger partial charge in [-0.2, -0.15) is 4.98 Å². The maximum atomic E-state index is 13.2. The Bertz CT molecular complexity index is 346. The lowest BCUT2D eigenvalue weighted by atomic mass is 10.0. The smallest absolute Gasteiger partial charge is 0.224 e. The standard InChI is InChI=1S/C9H13ClFN3O/c1-9(2,3-4-15)14-7-6(11)5-12-8(10)13-7/h5,15H,3-4H2,1-2H3,(H,12,13,14). The third-order valence-electron chi connectivity index (χ3n) is 1.91. The van der Waals surface area contributed by atoms with Gasteiger partial charge in [0, 0.05) is 12.1 Å². The molecule has 0 atom stereocenters. The Morgan fingerprint density at radius 3 is 2.87 bits per heavy atom. The molecule has 2 N–H and O–H groups in total. The molecule has 6 heteroatoms. The molecule has 1 heterocycles. The van der Waals surface area contributed by atoms with E-state index >= 15 is 0 Å². The van der Waals surface area contributed by atoms with Crippen molar-refractivity contribution in [3.8, 4) is 0 Å². The number of aromatic nitrogens is 2. The third kappa shape index (κ3) is 3.60. The highest BCUT2D eigenvalue weighted by molar-refractivity contribution is 6.28. The van der Waals surface area contributed by atoms with Crippen LogP contribution in [-0.2, 0) is 0 Å². The molecule has 0 saturated carbocycles. The quantitative estimate of drug-likeness (QED) is 0.780.